The van der Waals surface area contributed by atoms with Crippen molar-refractivity contribution in [2.45, 2.75) is 32.1 Å². The number of carbonyl (C=O) groups is 1. The fraction of sp³-hybridized carbons (Fsp3) is 0.650. The van der Waals surface area contributed by atoms with Gasteiger partial charge in [0.2, 0.25) is 0 Å². The highest BCUT2D eigenvalue weighted by molar-refractivity contribution is 5.94. The van der Waals surface area contributed by atoms with E-state index in [2.05, 4.69) is 15.1 Å². The number of morpholine rings is 1. The number of likely N-dealkylation sites (tertiary alicyclic amines) is 1. The number of carbonyl (C=O) groups excluding carboxylic acids is 1. The number of rotatable bonds is 6. The van der Waals surface area contributed by atoms with Crippen LogP contribution in [0, 0.1) is 0 Å². The molecule has 0 aliphatic carbocycles. The van der Waals surface area contributed by atoms with Crippen molar-refractivity contribution in [2.75, 3.05) is 57.4 Å². The Hall–Kier alpha value is -1.59. The average Bonchev–Trinajstić information content (AvgIpc) is 2.95. The SMILES string of the molecule is O=C(NCCCN1CCCCCC1)c1ccc(N2CCOCC2)cc1. The van der Waals surface area contributed by atoms with Gasteiger partial charge >= 0.3 is 0 Å². The second-order valence-corrected chi connectivity index (χ2v) is 7.01. The molecule has 2 heterocycles. The third kappa shape index (κ3) is 5.72. The Kier molecular flexibility index (Phi) is 7.12. The molecule has 0 saturated carbocycles. The molecule has 5 heteroatoms. The van der Waals surface area contributed by atoms with E-state index >= 15 is 0 Å². The lowest BCUT2D eigenvalue weighted by atomic mass is 10.1. The van der Waals surface area contributed by atoms with Crippen LogP contribution in [0.4, 0.5) is 5.69 Å². The van der Waals surface area contributed by atoms with Crippen LogP contribution in [0.15, 0.2) is 24.3 Å². The van der Waals surface area contributed by atoms with Crippen LogP contribution in [0.1, 0.15) is 42.5 Å². The van der Waals surface area contributed by atoms with Crippen LogP contribution in [0.25, 0.3) is 0 Å². The van der Waals surface area contributed by atoms with Gasteiger partial charge in [0.05, 0.1) is 13.2 Å². The van der Waals surface area contributed by atoms with Gasteiger partial charge in [-0.05, 0) is 63.2 Å². The highest BCUT2D eigenvalue weighted by Crippen LogP contribution is 2.16. The van der Waals surface area contributed by atoms with E-state index < -0.39 is 0 Å². The molecule has 3 rings (SSSR count). The van der Waals surface area contributed by atoms with E-state index in [4.69, 9.17) is 4.74 Å². The normalized spacial score (nSPS) is 19.4. The summed E-state index contributed by atoms with van der Waals surface area (Å²) in [5.41, 5.74) is 1.91. The van der Waals surface area contributed by atoms with Crippen LogP contribution in [-0.4, -0.2) is 63.3 Å². The monoisotopic (exact) mass is 345 g/mol. The summed E-state index contributed by atoms with van der Waals surface area (Å²) in [7, 11) is 0. The van der Waals surface area contributed by atoms with Crippen LogP contribution in [-0.2, 0) is 4.74 Å². The molecule has 2 aliphatic rings. The third-order valence-corrected chi connectivity index (χ3v) is 5.14. The lowest BCUT2D eigenvalue weighted by Gasteiger charge is -2.28. The number of hydrogen-bond donors (Lipinski definition) is 1. The van der Waals surface area contributed by atoms with Gasteiger partial charge in [0, 0.05) is 30.9 Å². The minimum atomic E-state index is 0.0318. The van der Waals surface area contributed by atoms with Crippen molar-refractivity contribution in [1.82, 2.24) is 10.2 Å². The Morgan fingerprint density at radius 1 is 0.960 bits per heavy atom. The fourth-order valence-corrected chi connectivity index (χ4v) is 3.61. The molecule has 1 N–H and O–H groups in total. The van der Waals surface area contributed by atoms with Crippen molar-refractivity contribution < 1.29 is 9.53 Å². The van der Waals surface area contributed by atoms with Crippen molar-refractivity contribution in [2.24, 2.45) is 0 Å². The summed E-state index contributed by atoms with van der Waals surface area (Å²) in [5.74, 6) is 0.0318. The first-order valence-electron chi connectivity index (χ1n) is 9.76. The zero-order valence-electron chi connectivity index (χ0n) is 15.2. The van der Waals surface area contributed by atoms with Crippen molar-refractivity contribution in [3.63, 3.8) is 0 Å². The molecule has 1 aromatic carbocycles. The lowest BCUT2D eigenvalue weighted by molar-refractivity contribution is 0.0951. The molecule has 5 nitrogen and oxygen atoms in total. The molecule has 2 saturated heterocycles. The summed E-state index contributed by atoms with van der Waals surface area (Å²) < 4.78 is 5.38. The number of amides is 1. The van der Waals surface area contributed by atoms with E-state index in [1.54, 1.807) is 0 Å². The number of ether oxygens (including phenoxy) is 1. The van der Waals surface area contributed by atoms with Crippen LogP contribution in [0.5, 0.6) is 0 Å². The van der Waals surface area contributed by atoms with E-state index in [1.165, 1.54) is 44.5 Å². The average molecular weight is 345 g/mol. The number of anilines is 1. The first-order chi connectivity index (χ1) is 12.3. The van der Waals surface area contributed by atoms with Crippen molar-refractivity contribution >= 4 is 11.6 Å². The zero-order valence-corrected chi connectivity index (χ0v) is 15.2. The second-order valence-electron chi connectivity index (χ2n) is 7.01. The number of benzene rings is 1. The van der Waals surface area contributed by atoms with Crippen molar-refractivity contribution in [3.8, 4) is 0 Å². The highest BCUT2D eigenvalue weighted by atomic mass is 16.5. The Labute approximate surface area is 151 Å². The largest absolute Gasteiger partial charge is 0.378 e. The first-order valence-corrected chi connectivity index (χ1v) is 9.76. The molecule has 138 valence electrons. The Morgan fingerprint density at radius 3 is 2.32 bits per heavy atom. The third-order valence-electron chi connectivity index (χ3n) is 5.14. The Balaban J connectivity index is 1.38. The molecular formula is C20H31N3O2. The van der Waals surface area contributed by atoms with Gasteiger partial charge in [-0.2, -0.15) is 0 Å². The van der Waals surface area contributed by atoms with Gasteiger partial charge in [-0.25, -0.2) is 0 Å². The number of nitrogens with one attached hydrogen (secondary N) is 1. The lowest BCUT2D eigenvalue weighted by Crippen LogP contribution is -2.36. The summed E-state index contributed by atoms with van der Waals surface area (Å²) in [6, 6.07) is 7.93. The Bertz CT molecular complexity index is 518. The summed E-state index contributed by atoms with van der Waals surface area (Å²) in [6.07, 6.45) is 6.41. The van der Waals surface area contributed by atoms with Gasteiger partial charge in [-0.1, -0.05) is 12.8 Å². The van der Waals surface area contributed by atoms with Crippen molar-refractivity contribution in [3.05, 3.63) is 29.8 Å². The molecule has 0 bridgehead atoms. The van der Waals surface area contributed by atoms with Crippen LogP contribution < -0.4 is 10.2 Å². The van der Waals surface area contributed by atoms with Crippen molar-refractivity contribution in [1.29, 1.82) is 0 Å². The van der Waals surface area contributed by atoms with E-state index in [9.17, 15) is 4.79 Å². The minimum absolute atomic E-state index is 0.0318. The summed E-state index contributed by atoms with van der Waals surface area (Å²) in [6.45, 7) is 7.67. The van der Waals surface area contributed by atoms with Gasteiger partial charge in [-0.3, -0.25) is 4.79 Å². The topological polar surface area (TPSA) is 44.8 Å². The number of hydrogen-bond acceptors (Lipinski definition) is 4. The molecule has 1 aromatic rings. The van der Waals surface area contributed by atoms with E-state index in [1.807, 2.05) is 24.3 Å². The summed E-state index contributed by atoms with van der Waals surface area (Å²) >= 11 is 0. The van der Waals surface area contributed by atoms with Crippen LogP contribution in [0.3, 0.4) is 0 Å². The van der Waals surface area contributed by atoms with Crippen LogP contribution >= 0.6 is 0 Å². The maximum Gasteiger partial charge on any atom is 0.251 e. The van der Waals surface area contributed by atoms with E-state index in [0.717, 1.165) is 51.4 Å². The molecule has 0 spiro atoms. The molecule has 0 unspecified atom stereocenters. The summed E-state index contributed by atoms with van der Waals surface area (Å²) in [4.78, 5) is 17.1. The standard InChI is InChI=1S/C20H31N3O2/c24-20(21-10-5-13-22-11-3-1-2-4-12-22)18-6-8-19(9-7-18)23-14-16-25-17-15-23/h6-9H,1-5,10-17H2,(H,21,24). The smallest absolute Gasteiger partial charge is 0.251 e. The fourth-order valence-electron chi connectivity index (χ4n) is 3.61. The Morgan fingerprint density at radius 2 is 1.64 bits per heavy atom. The summed E-state index contributed by atoms with van der Waals surface area (Å²) in [5, 5.41) is 3.05. The van der Waals surface area contributed by atoms with Gasteiger partial charge in [0.25, 0.3) is 5.91 Å². The maximum atomic E-state index is 12.3. The molecule has 25 heavy (non-hydrogen) atoms. The zero-order chi connectivity index (χ0) is 17.3. The van der Waals surface area contributed by atoms with E-state index in [0.29, 0.717) is 0 Å². The van der Waals surface area contributed by atoms with Gasteiger partial charge < -0.3 is 19.9 Å². The highest BCUT2D eigenvalue weighted by Gasteiger charge is 2.12. The molecule has 0 atom stereocenters. The molecule has 0 radical (unpaired) electrons. The maximum absolute atomic E-state index is 12.3. The number of nitrogens with zero attached hydrogens (tertiary/aromatic N) is 2. The molecule has 1 amide bonds. The molecule has 2 aliphatic heterocycles. The van der Waals surface area contributed by atoms with Gasteiger partial charge in [-0.15, -0.1) is 0 Å². The molecule has 2 fully saturated rings. The molecule has 0 aromatic heterocycles. The predicted octanol–water partition coefficient (Wildman–Crippen LogP) is 2.52. The van der Waals surface area contributed by atoms with Gasteiger partial charge in [0.1, 0.15) is 0 Å². The predicted molar refractivity (Wildman–Crippen MR) is 101 cm³/mol. The minimum Gasteiger partial charge on any atom is -0.378 e. The first kappa shape index (κ1) is 18.2. The van der Waals surface area contributed by atoms with E-state index in [-0.39, 0.29) is 5.91 Å². The van der Waals surface area contributed by atoms with Gasteiger partial charge in [0.15, 0.2) is 0 Å². The second kappa shape index (κ2) is 9.78. The van der Waals surface area contributed by atoms with Crippen LogP contribution in [0.2, 0.25) is 0 Å². The quantitative estimate of drug-likeness (QED) is 0.805. The molecular weight excluding hydrogens is 314 g/mol.